The largest absolute Gasteiger partial charge is 0.299 e. The van der Waals surface area contributed by atoms with E-state index in [0.29, 0.717) is 18.6 Å². The van der Waals surface area contributed by atoms with Gasteiger partial charge in [-0.2, -0.15) is 11.8 Å². The van der Waals surface area contributed by atoms with Crippen LogP contribution in [0.3, 0.4) is 0 Å². The van der Waals surface area contributed by atoms with Gasteiger partial charge in [0.1, 0.15) is 5.78 Å². The second-order valence-electron chi connectivity index (χ2n) is 1.77. The van der Waals surface area contributed by atoms with Crippen LogP contribution in [0.5, 0.6) is 0 Å². The average molecular weight is 144 g/mol. The van der Waals surface area contributed by atoms with E-state index >= 15 is 0 Å². The summed E-state index contributed by atoms with van der Waals surface area (Å²) in [5, 5.41) is 0. The molecule has 0 N–H and O–H groups in total. The van der Waals surface area contributed by atoms with Crippen molar-refractivity contribution in [3.63, 3.8) is 0 Å². The van der Waals surface area contributed by atoms with Gasteiger partial charge in [-0.05, 0) is 12.0 Å². The Labute approximate surface area is 60.5 Å². The lowest BCUT2D eigenvalue weighted by molar-refractivity contribution is -0.117. The van der Waals surface area contributed by atoms with Gasteiger partial charge in [0.25, 0.3) is 0 Å². The van der Waals surface area contributed by atoms with Crippen LogP contribution in [0.2, 0.25) is 0 Å². The first-order valence-electron chi connectivity index (χ1n) is 2.92. The fourth-order valence-corrected chi connectivity index (χ4v) is 0.911. The maximum atomic E-state index is 10.7. The molecule has 2 heteroatoms. The average Bonchev–Trinajstić information content (AvgIpc) is 1.85. The van der Waals surface area contributed by atoms with Crippen LogP contribution in [-0.2, 0) is 4.79 Å². The molecule has 0 aliphatic heterocycles. The predicted molar refractivity (Wildman–Crippen MR) is 42.8 cm³/mol. The Morgan fingerprint density at radius 3 is 2.89 bits per heavy atom. The molecule has 0 rings (SSSR count). The molecule has 0 aromatic heterocycles. The molecule has 0 amide bonds. The van der Waals surface area contributed by atoms with Crippen molar-refractivity contribution in [1.29, 1.82) is 0 Å². The van der Waals surface area contributed by atoms with E-state index in [2.05, 4.69) is 6.58 Å². The molecule has 0 aromatic rings. The number of carbonyl (C=O) groups excluding carboxylic acids is 1. The SMILES string of the molecule is C=CCC(=O)CCSC. The minimum absolute atomic E-state index is 0.291. The number of carbonyl (C=O) groups is 1. The van der Waals surface area contributed by atoms with Gasteiger partial charge < -0.3 is 0 Å². The van der Waals surface area contributed by atoms with E-state index in [-0.39, 0.29) is 0 Å². The molecule has 0 unspecified atom stereocenters. The highest BCUT2D eigenvalue weighted by Crippen LogP contribution is 1.98. The number of Topliss-reactive ketones (excluding diaryl/α,β-unsaturated/α-hetero) is 1. The number of rotatable bonds is 5. The van der Waals surface area contributed by atoms with Crippen molar-refractivity contribution >= 4 is 17.5 Å². The van der Waals surface area contributed by atoms with E-state index in [1.165, 1.54) is 0 Å². The molecule has 0 spiro atoms. The molecule has 1 nitrogen and oxygen atoms in total. The normalized spacial score (nSPS) is 9.00. The Kier molecular flexibility index (Phi) is 5.73. The lowest BCUT2D eigenvalue weighted by atomic mass is 10.2. The molecular weight excluding hydrogens is 132 g/mol. The number of thioether (sulfide) groups is 1. The van der Waals surface area contributed by atoms with Crippen molar-refractivity contribution in [2.75, 3.05) is 12.0 Å². The number of allylic oxidation sites excluding steroid dienone is 1. The Morgan fingerprint density at radius 2 is 2.44 bits per heavy atom. The lowest BCUT2D eigenvalue weighted by Gasteiger charge is -1.92. The van der Waals surface area contributed by atoms with Crippen molar-refractivity contribution in [1.82, 2.24) is 0 Å². The maximum Gasteiger partial charge on any atom is 0.137 e. The zero-order chi connectivity index (χ0) is 7.11. The monoisotopic (exact) mass is 144 g/mol. The summed E-state index contributed by atoms with van der Waals surface area (Å²) in [4.78, 5) is 10.7. The van der Waals surface area contributed by atoms with Crippen LogP contribution >= 0.6 is 11.8 Å². The molecule has 0 aliphatic carbocycles. The first-order valence-corrected chi connectivity index (χ1v) is 4.32. The highest BCUT2D eigenvalue weighted by Gasteiger charge is 1.95. The third kappa shape index (κ3) is 5.63. The van der Waals surface area contributed by atoms with Gasteiger partial charge in [-0.25, -0.2) is 0 Å². The van der Waals surface area contributed by atoms with Crippen LogP contribution in [0, 0.1) is 0 Å². The number of hydrogen-bond donors (Lipinski definition) is 0. The topological polar surface area (TPSA) is 17.1 Å². The molecule has 52 valence electrons. The standard InChI is InChI=1S/C7H12OS/c1-3-4-7(8)5-6-9-2/h3H,1,4-6H2,2H3. The number of hydrogen-bond acceptors (Lipinski definition) is 2. The minimum atomic E-state index is 0.291. The van der Waals surface area contributed by atoms with Gasteiger partial charge in [-0.15, -0.1) is 6.58 Å². The van der Waals surface area contributed by atoms with Crippen molar-refractivity contribution in [3.8, 4) is 0 Å². The van der Waals surface area contributed by atoms with Crippen LogP contribution in [0.4, 0.5) is 0 Å². The Bertz CT molecular complexity index is 99.1. The summed E-state index contributed by atoms with van der Waals surface area (Å²) in [5.74, 6) is 1.23. The summed E-state index contributed by atoms with van der Waals surface area (Å²) in [5.41, 5.74) is 0. The fourth-order valence-electron chi connectivity index (χ4n) is 0.479. The molecule has 0 saturated carbocycles. The number of ketones is 1. The van der Waals surface area contributed by atoms with Crippen LogP contribution in [0.25, 0.3) is 0 Å². The van der Waals surface area contributed by atoms with E-state index in [4.69, 9.17) is 0 Å². The molecular formula is C7H12OS. The summed E-state index contributed by atoms with van der Waals surface area (Å²) < 4.78 is 0. The summed E-state index contributed by atoms with van der Waals surface area (Å²) in [6, 6.07) is 0. The molecule has 0 heterocycles. The van der Waals surface area contributed by atoms with E-state index in [1.807, 2.05) is 6.26 Å². The second kappa shape index (κ2) is 5.89. The van der Waals surface area contributed by atoms with E-state index in [1.54, 1.807) is 17.8 Å². The third-order valence-electron chi connectivity index (χ3n) is 0.957. The fraction of sp³-hybridized carbons (Fsp3) is 0.571. The first-order chi connectivity index (χ1) is 4.31. The Balaban J connectivity index is 3.16. The molecule has 0 atom stereocenters. The van der Waals surface area contributed by atoms with Gasteiger partial charge in [0.15, 0.2) is 0 Å². The summed E-state index contributed by atoms with van der Waals surface area (Å²) in [6.45, 7) is 3.48. The molecule has 0 saturated heterocycles. The minimum Gasteiger partial charge on any atom is -0.299 e. The Hall–Kier alpha value is -0.240. The van der Waals surface area contributed by atoms with Crippen LogP contribution in [-0.4, -0.2) is 17.8 Å². The highest BCUT2D eigenvalue weighted by atomic mass is 32.2. The zero-order valence-corrected chi connectivity index (χ0v) is 6.54. The van der Waals surface area contributed by atoms with Crippen molar-refractivity contribution in [3.05, 3.63) is 12.7 Å². The first kappa shape index (κ1) is 8.76. The zero-order valence-electron chi connectivity index (χ0n) is 5.72. The van der Waals surface area contributed by atoms with Gasteiger partial charge in [-0.3, -0.25) is 4.79 Å². The summed E-state index contributed by atoms with van der Waals surface area (Å²) in [6.07, 6.45) is 4.87. The van der Waals surface area contributed by atoms with Crippen LogP contribution in [0.1, 0.15) is 12.8 Å². The lowest BCUT2D eigenvalue weighted by Crippen LogP contribution is -1.96. The predicted octanol–water partition coefficient (Wildman–Crippen LogP) is 1.88. The molecule has 0 radical (unpaired) electrons. The quantitative estimate of drug-likeness (QED) is 0.548. The van der Waals surface area contributed by atoms with E-state index in [0.717, 1.165) is 5.75 Å². The molecule has 0 bridgehead atoms. The Morgan fingerprint density at radius 1 is 1.78 bits per heavy atom. The van der Waals surface area contributed by atoms with Crippen LogP contribution < -0.4 is 0 Å². The van der Waals surface area contributed by atoms with Crippen molar-refractivity contribution < 1.29 is 4.79 Å². The third-order valence-corrected chi connectivity index (χ3v) is 1.57. The van der Waals surface area contributed by atoms with Crippen LogP contribution in [0.15, 0.2) is 12.7 Å². The van der Waals surface area contributed by atoms with Gasteiger partial charge in [0.2, 0.25) is 0 Å². The van der Waals surface area contributed by atoms with Gasteiger partial charge in [0.05, 0.1) is 0 Å². The molecule has 0 aromatic carbocycles. The molecule has 9 heavy (non-hydrogen) atoms. The van der Waals surface area contributed by atoms with Gasteiger partial charge >= 0.3 is 0 Å². The van der Waals surface area contributed by atoms with Gasteiger partial charge in [-0.1, -0.05) is 6.08 Å². The highest BCUT2D eigenvalue weighted by molar-refractivity contribution is 7.98. The van der Waals surface area contributed by atoms with E-state index < -0.39 is 0 Å². The van der Waals surface area contributed by atoms with Crippen molar-refractivity contribution in [2.45, 2.75) is 12.8 Å². The van der Waals surface area contributed by atoms with Gasteiger partial charge in [0, 0.05) is 12.8 Å². The molecule has 0 fully saturated rings. The second-order valence-corrected chi connectivity index (χ2v) is 2.76. The smallest absolute Gasteiger partial charge is 0.137 e. The molecule has 0 aliphatic rings. The summed E-state index contributed by atoms with van der Waals surface area (Å²) >= 11 is 1.70. The van der Waals surface area contributed by atoms with E-state index in [9.17, 15) is 4.79 Å². The summed E-state index contributed by atoms with van der Waals surface area (Å²) in [7, 11) is 0. The maximum absolute atomic E-state index is 10.7. The van der Waals surface area contributed by atoms with Crippen molar-refractivity contribution in [2.24, 2.45) is 0 Å².